The molecule has 0 bridgehead atoms. The van der Waals surface area contributed by atoms with Gasteiger partial charge in [0, 0.05) is 11.8 Å². The van der Waals surface area contributed by atoms with Crippen LogP contribution < -0.4 is 0 Å². The summed E-state index contributed by atoms with van der Waals surface area (Å²) in [5, 5.41) is 13.9. The molecule has 19 heavy (non-hydrogen) atoms. The van der Waals surface area contributed by atoms with Gasteiger partial charge in [0.05, 0.1) is 15.2 Å². The maximum Gasteiger partial charge on any atom is 0.170 e. The molecule has 0 aliphatic carbocycles. The highest BCUT2D eigenvalue weighted by atomic mass is 127. The van der Waals surface area contributed by atoms with Gasteiger partial charge in [-0.15, -0.1) is 0 Å². The average Bonchev–Trinajstić information content (AvgIpc) is 2.76. The van der Waals surface area contributed by atoms with Crippen LogP contribution in [-0.4, -0.2) is 14.6 Å². The lowest BCUT2D eigenvalue weighted by molar-refractivity contribution is 0.943. The third-order valence-electron chi connectivity index (χ3n) is 2.66. The number of fused-ring (bicyclic) bond motifs is 1. The van der Waals surface area contributed by atoms with E-state index < -0.39 is 0 Å². The summed E-state index contributed by atoms with van der Waals surface area (Å²) >= 11 is 8.09. The molecule has 92 valence electrons. The zero-order valence-corrected chi connectivity index (χ0v) is 12.4. The van der Waals surface area contributed by atoms with Gasteiger partial charge in [0.15, 0.2) is 5.65 Å². The molecule has 2 aromatic heterocycles. The average molecular weight is 381 g/mol. The van der Waals surface area contributed by atoms with Crippen LogP contribution in [0.4, 0.5) is 0 Å². The van der Waals surface area contributed by atoms with E-state index in [-0.39, 0.29) is 0 Å². The van der Waals surface area contributed by atoms with E-state index in [9.17, 15) is 0 Å². The summed E-state index contributed by atoms with van der Waals surface area (Å²) < 4.78 is 2.59. The van der Waals surface area contributed by atoms with Crippen molar-refractivity contribution < 1.29 is 0 Å². The number of rotatable bonds is 1. The van der Waals surface area contributed by atoms with Crippen LogP contribution in [0.5, 0.6) is 0 Å². The molecule has 0 unspecified atom stereocenters. The minimum atomic E-state index is 0.433. The normalized spacial score (nSPS) is 10.6. The Hall–Kier alpha value is -1.65. The van der Waals surface area contributed by atoms with Crippen molar-refractivity contribution in [1.82, 2.24) is 14.6 Å². The minimum absolute atomic E-state index is 0.433. The van der Waals surface area contributed by atoms with E-state index in [4.69, 9.17) is 16.9 Å². The van der Waals surface area contributed by atoms with Gasteiger partial charge in [-0.3, -0.25) is 0 Å². The molecule has 0 fully saturated rings. The number of hydrogen-bond acceptors (Lipinski definition) is 3. The first-order chi connectivity index (χ1) is 9.19. The summed E-state index contributed by atoms with van der Waals surface area (Å²) in [7, 11) is 0. The number of halogens is 2. The van der Waals surface area contributed by atoms with E-state index in [1.54, 1.807) is 22.8 Å². The second kappa shape index (κ2) is 4.79. The Bertz CT molecular complexity index is 819. The molecule has 2 heterocycles. The highest BCUT2D eigenvalue weighted by Gasteiger charge is 2.13. The van der Waals surface area contributed by atoms with Gasteiger partial charge < -0.3 is 0 Å². The molecule has 3 rings (SSSR count). The van der Waals surface area contributed by atoms with Crippen LogP contribution in [0.2, 0.25) is 5.15 Å². The SMILES string of the molecule is N#Cc1cccc(-c2nn3ccc(Cl)nc3c2I)c1. The van der Waals surface area contributed by atoms with Crippen molar-refractivity contribution in [3.05, 3.63) is 50.8 Å². The maximum atomic E-state index is 8.95. The number of nitrogens with zero attached hydrogens (tertiary/aromatic N) is 4. The first-order valence-electron chi connectivity index (χ1n) is 5.40. The molecule has 0 saturated heterocycles. The summed E-state index contributed by atoms with van der Waals surface area (Å²) in [4.78, 5) is 4.26. The molecule has 0 atom stereocenters. The van der Waals surface area contributed by atoms with Gasteiger partial charge in [0.25, 0.3) is 0 Å². The Morgan fingerprint density at radius 3 is 2.95 bits per heavy atom. The molecular formula is C13H6ClIN4. The van der Waals surface area contributed by atoms with Crippen molar-refractivity contribution in [3.63, 3.8) is 0 Å². The number of aromatic nitrogens is 3. The van der Waals surface area contributed by atoms with E-state index in [0.717, 1.165) is 14.8 Å². The monoisotopic (exact) mass is 380 g/mol. The van der Waals surface area contributed by atoms with E-state index in [1.165, 1.54) is 0 Å². The van der Waals surface area contributed by atoms with Crippen LogP contribution in [0, 0.1) is 14.9 Å². The smallest absolute Gasteiger partial charge is 0.170 e. The predicted molar refractivity (Wildman–Crippen MR) is 80.9 cm³/mol. The molecule has 4 nitrogen and oxygen atoms in total. The molecule has 6 heteroatoms. The topological polar surface area (TPSA) is 54.0 Å². The van der Waals surface area contributed by atoms with Gasteiger partial charge in [0.2, 0.25) is 0 Å². The third kappa shape index (κ3) is 2.17. The van der Waals surface area contributed by atoms with Crippen molar-refractivity contribution in [3.8, 4) is 17.3 Å². The van der Waals surface area contributed by atoms with Gasteiger partial charge in [-0.1, -0.05) is 23.7 Å². The summed E-state index contributed by atoms with van der Waals surface area (Å²) in [6.07, 6.45) is 1.77. The molecule has 0 spiro atoms. The molecule has 0 saturated carbocycles. The Balaban J connectivity index is 2.25. The largest absolute Gasteiger partial charge is 0.221 e. The Kier molecular flexibility index (Phi) is 3.12. The summed E-state index contributed by atoms with van der Waals surface area (Å²) in [6, 6.07) is 11.2. The first-order valence-corrected chi connectivity index (χ1v) is 6.85. The quantitative estimate of drug-likeness (QED) is 0.479. The summed E-state index contributed by atoms with van der Waals surface area (Å²) in [5.74, 6) is 0. The van der Waals surface area contributed by atoms with Crippen LogP contribution >= 0.6 is 34.2 Å². The molecule has 0 aliphatic heterocycles. The standard InChI is InChI=1S/C13H6ClIN4/c14-10-4-5-19-13(17-10)11(15)12(18-19)9-3-1-2-8(6-9)7-16/h1-6H. The fraction of sp³-hybridized carbons (Fsp3) is 0. The van der Waals surface area contributed by atoms with Crippen LogP contribution in [0.1, 0.15) is 5.56 Å². The third-order valence-corrected chi connectivity index (χ3v) is 3.86. The lowest BCUT2D eigenvalue weighted by Gasteiger charge is -1.97. The van der Waals surface area contributed by atoms with Crippen LogP contribution in [0.15, 0.2) is 36.5 Å². The van der Waals surface area contributed by atoms with Gasteiger partial charge in [-0.25, -0.2) is 9.50 Å². The van der Waals surface area contributed by atoms with Crippen LogP contribution in [0.25, 0.3) is 16.9 Å². The lowest BCUT2D eigenvalue weighted by atomic mass is 10.1. The van der Waals surface area contributed by atoms with Gasteiger partial charge in [-0.05, 0) is 40.8 Å². The molecule has 0 radical (unpaired) electrons. The molecule has 1 aromatic carbocycles. The Morgan fingerprint density at radius 1 is 1.32 bits per heavy atom. The van der Waals surface area contributed by atoms with Crippen LogP contribution in [0.3, 0.4) is 0 Å². The van der Waals surface area contributed by atoms with Crippen molar-refractivity contribution >= 4 is 39.8 Å². The van der Waals surface area contributed by atoms with Crippen molar-refractivity contribution in [2.75, 3.05) is 0 Å². The number of benzene rings is 1. The summed E-state index contributed by atoms with van der Waals surface area (Å²) in [5.41, 5.74) is 3.01. The highest BCUT2D eigenvalue weighted by molar-refractivity contribution is 14.1. The molecule has 3 aromatic rings. The Labute approximate surface area is 127 Å². The lowest BCUT2D eigenvalue weighted by Crippen LogP contribution is -1.89. The zero-order chi connectivity index (χ0) is 13.4. The van der Waals surface area contributed by atoms with E-state index in [1.807, 2.05) is 18.2 Å². The van der Waals surface area contributed by atoms with E-state index >= 15 is 0 Å². The van der Waals surface area contributed by atoms with Gasteiger partial charge >= 0.3 is 0 Å². The fourth-order valence-corrected chi connectivity index (χ4v) is 2.72. The van der Waals surface area contributed by atoms with Gasteiger partial charge in [-0.2, -0.15) is 10.4 Å². The van der Waals surface area contributed by atoms with Crippen molar-refractivity contribution in [2.45, 2.75) is 0 Å². The second-order valence-electron chi connectivity index (χ2n) is 3.87. The highest BCUT2D eigenvalue weighted by Crippen LogP contribution is 2.27. The molecule has 0 amide bonds. The number of nitriles is 1. The van der Waals surface area contributed by atoms with E-state index in [0.29, 0.717) is 16.4 Å². The predicted octanol–water partition coefficient (Wildman–Crippen LogP) is 3.53. The molecule has 0 aliphatic rings. The summed E-state index contributed by atoms with van der Waals surface area (Å²) in [6.45, 7) is 0. The maximum absolute atomic E-state index is 8.95. The molecule has 0 N–H and O–H groups in total. The Morgan fingerprint density at radius 2 is 2.16 bits per heavy atom. The molecular weight excluding hydrogens is 375 g/mol. The van der Waals surface area contributed by atoms with Gasteiger partial charge in [0.1, 0.15) is 10.8 Å². The first kappa shape index (κ1) is 12.4. The van der Waals surface area contributed by atoms with Crippen molar-refractivity contribution in [2.24, 2.45) is 0 Å². The van der Waals surface area contributed by atoms with Crippen molar-refractivity contribution in [1.29, 1.82) is 5.26 Å². The fourth-order valence-electron chi connectivity index (χ4n) is 1.80. The number of hydrogen-bond donors (Lipinski definition) is 0. The van der Waals surface area contributed by atoms with Crippen LogP contribution in [-0.2, 0) is 0 Å². The zero-order valence-electron chi connectivity index (χ0n) is 9.51. The van der Waals surface area contributed by atoms with E-state index in [2.05, 4.69) is 38.7 Å². The second-order valence-corrected chi connectivity index (χ2v) is 5.34. The minimum Gasteiger partial charge on any atom is -0.221 e.